The van der Waals surface area contributed by atoms with E-state index < -0.39 is 12.8 Å². The summed E-state index contributed by atoms with van der Waals surface area (Å²) in [5.74, 6) is 0.916. The molecule has 0 aromatic carbocycles. The van der Waals surface area contributed by atoms with Gasteiger partial charge in [0.25, 0.3) is 0 Å². The number of ether oxygens (including phenoxy) is 2. The highest BCUT2D eigenvalue weighted by molar-refractivity contribution is 5.67. The number of alkyl halides is 3. The van der Waals surface area contributed by atoms with Crippen LogP contribution in [-0.4, -0.2) is 78.1 Å². The molecule has 0 atom stereocenters. The first-order chi connectivity index (χ1) is 15.5. The summed E-state index contributed by atoms with van der Waals surface area (Å²) in [5.41, 5.74) is 6.68. The van der Waals surface area contributed by atoms with Crippen LogP contribution >= 0.6 is 0 Å². The summed E-state index contributed by atoms with van der Waals surface area (Å²) in [7, 11) is 0. The lowest BCUT2D eigenvalue weighted by atomic mass is 9.83. The average Bonchev–Trinajstić information content (AvgIpc) is 2.72. The number of hydrogen-bond acceptors (Lipinski definition) is 8. The van der Waals surface area contributed by atoms with Crippen molar-refractivity contribution in [2.24, 2.45) is 0 Å². The monoisotopic (exact) mass is 450 g/mol. The Bertz CT molecular complexity index is 963. The highest BCUT2D eigenvalue weighted by atomic mass is 19.3. The van der Waals surface area contributed by atoms with Crippen molar-refractivity contribution in [3.8, 4) is 17.0 Å². The maximum absolute atomic E-state index is 13.5. The Morgan fingerprint density at radius 3 is 2.56 bits per heavy atom. The van der Waals surface area contributed by atoms with Gasteiger partial charge in [-0.1, -0.05) is 0 Å². The van der Waals surface area contributed by atoms with Crippen molar-refractivity contribution in [2.75, 3.05) is 50.0 Å². The molecule has 0 amide bonds. The van der Waals surface area contributed by atoms with Crippen molar-refractivity contribution < 1.29 is 22.6 Å². The van der Waals surface area contributed by atoms with Crippen molar-refractivity contribution in [1.82, 2.24) is 19.9 Å². The van der Waals surface area contributed by atoms with Crippen LogP contribution in [0.2, 0.25) is 0 Å². The number of hydrogen-bond donors (Lipinski definition) is 1. The van der Waals surface area contributed by atoms with E-state index in [4.69, 9.17) is 15.5 Å². The molecular weight excluding hydrogens is 425 g/mol. The van der Waals surface area contributed by atoms with Crippen LogP contribution in [0.5, 0.6) is 5.75 Å². The molecule has 172 valence electrons. The number of halogens is 3. The van der Waals surface area contributed by atoms with Gasteiger partial charge < -0.3 is 20.1 Å². The van der Waals surface area contributed by atoms with E-state index in [2.05, 4.69) is 24.5 Å². The molecule has 11 heteroatoms. The van der Waals surface area contributed by atoms with E-state index in [0.717, 1.165) is 45.2 Å². The molecule has 32 heavy (non-hydrogen) atoms. The normalized spacial score (nSPS) is 24.3. The molecule has 2 saturated heterocycles. The zero-order chi connectivity index (χ0) is 22.2. The molecule has 0 radical (unpaired) electrons. The summed E-state index contributed by atoms with van der Waals surface area (Å²) >= 11 is 0. The molecule has 0 unspecified atom stereocenters. The lowest BCUT2D eigenvalue weighted by Gasteiger charge is -2.47. The predicted octanol–water partition coefficient (Wildman–Crippen LogP) is 2.46. The Morgan fingerprint density at radius 1 is 1.12 bits per heavy atom. The fourth-order valence-electron chi connectivity index (χ4n) is 4.31. The number of morpholine rings is 1. The second kappa shape index (κ2) is 8.70. The van der Waals surface area contributed by atoms with Crippen molar-refractivity contribution in [3.63, 3.8) is 0 Å². The van der Waals surface area contributed by atoms with Gasteiger partial charge in [0.05, 0.1) is 18.9 Å². The van der Waals surface area contributed by atoms with Crippen molar-refractivity contribution in [2.45, 2.75) is 37.6 Å². The van der Waals surface area contributed by atoms with Crippen LogP contribution in [0.15, 0.2) is 18.3 Å². The van der Waals surface area contributed by atoms with Crippen molar-refractivity contribution in [3.05, 3.63) is 24.2 Å². The number of nitrogens with zero attached hydrogens (tertiary/aromatic N) is 5. The lowest BCUT2D eigenvalue weighted by molar-refractivity contribution is -0.0494. The second-order valence-electron chi connectivity index (χ2n) is 8.43. The van der Waals surface area contributed by atoms with Gasteiger partial charge in [-0.25, -0.2) is 19.3 Å². The predicted molar refractivity (Wildman–Crippen MR) is 112 cm³/mol. The summed E-state index contributed by atoms with van der Waals surface area (Å²) in [6, 6.07) is 3.64. The molecule has 1 saturated carbocycles. The highest BCUT2D eigenvalue weighted by Gasteiger charge is 2.36. The molecule has 5 rings (SSSR count). The van der Waals surface area contributed by atoms with E-state index in [1.807, 2.05) is 6.07 Å². The van der Waals surface area contributed by atoms with E-state index in [0.29, 0.717) is 36.0 Å². The van der Waals surface area contributed by atoms with Crippen LogP contribution in [0, 0.1) is 0 Å². The van der Waals surface area contributed by atoms with Gasteiger partial charge in [-0.05, 0) is 18.9 Å². The molecule has 3 fully saturated rings. The van der Waals surface area contributed by atoms with Gasteiger partial charge in [0.1, 0.15) is 17.8 Å². The third-order valence-electron chi connectivity index (χ3n) is 6.32. The average molecular weight is 450 g/mol. The first kappa shape index (κ1) is 21.2. The minimum atomic E-state index is -3.01. The van der Waals surface area contributed by atoms with E-state index in [9.17, 15) is 13.2 Å². The minimum absolute atomic E-state index is 0.0569. The van der Waals surface area contributed by atoms with Crippen molar-refractivity contribution in [1.29, 1.82) is 0 Å². The van der Waals surface area contributed by atoms with Crippen LogP contribution in [0.3, 0.4) is 0 Å². The van der Waals surface area contributed by atoms with Gasteiger partial charge in [-0.15, -0.1) is 0 Å². The lowest BCUT2D eigenvalue weighted by Crippen LogP contribution is -2.61. The first-order valence-corrected chi connectivity index (χ1v) is 10.8. The molecule has 0 spiro atoms. The molecule has 0 bridgehead atoms. The number of nitrogen functional groups attached to an aromatic ring is 1. The molecule has 3 aliphatic rings. The number of anilines is 2. The summed E-state index contributed by atoms with van der Waals surface area (Å²) < 4.78 is 48.9. The van der Waals surface area contributed by atoms with Crippen LogP contribution in [0.4, 0.5) is 24.8 Å². The largest absolute Gasteiger partial charge is 0.431 e. The van der Waals surface area contributed by atoms with Gasteiger partial charge in [0.2, 0.25) is 0 Å². The fourth-order valence-corrected chi connectivity index (χ4v) is 4.31. The Kier molecular flexibility index (Phi) is 5.76. The van der Waals surface area contributed by atoms with E-state index in [1.54, 1.807) is 0 Å². The van der Waals surface area contributed by atoms with Crippen LogP contribution in [-0.2, 0) is 4.74 Å². The maximum atomic E-state index is 13.5. The van der Waals surface area contributed by atoms with Gasteiger partial charge in [-0.2, -0.15) is 8.78 Å². The standard InChI is InChI=1S/C21H25F3N6O2/c22-14-5-12(6-14)20-27-16(13-7-17(32-21(23)24)19(25)26-9-13)8-18(28-20)30-10-15(11-30)29-1-3-31-4-2-29/h7-9,12,14-15,21H,1-6,10-11H2,(H2,25,26). The molecule has 2 aromatic heterocycles. The number of aromatic nitrogens is 3. The van der Waals surface area contributed by atoms with Gasteiger partial charge >= 0.3 is 6.61 Å². The Labute approximate surface area is 183 Å². The van der Waals surface area contributed by atoms with E-state index in [1.165, 1.54) is 12.3 Å². The summed E-state index contributed by atoms with van der Waals surface area (Å²) in [6.45, 7) is 1.97. The second-order valence-corrected chi connectivity index (χ2v) is 8.43. The third-order valence-corrected chi connectivity index (χ3v) is 6.32. The Hall–Kier alpha value is -2.66. The molecular formula is C21H25F3N6O2. The fraction of sp³-hybridized carbons (Fsp3) is 0.571. The Morgan fingerprint density at radius 2 is 1.88 bits per heavy atom. The van der Waals surface area contributed by atoms with Crippen LogP contribution in [0.1, 0.15) is 24.6 Å². The van der Waals surface area contributed by atoms with Gasteiger partial charge in [0.15, 0.2) is 11.6 Å². The summed E-state index contributed by atoms with van der Waals surface area (Å²) in [5, 5.41) is 0. The number of pyridine rings is 1. The summed E-state index contributed by atoms with van der Waals surface area (Å²) in [6.07, 6.45) is 1.40. The minimum Gasteiger partial charge on any atom is -0.431 e. The van der Waals surface area contributed by atoms with Crippen LogP contribution < -0.4 is 15.4 Å². The zero-order valence-corrected chi connectivity index (χ0v) is 17.5. The van der Waals surface area contributed by atoms with E-state index >= 15 is 0 Å². The smallest absolute Gasteiger partial charge is 0.387 e. The number of rotatable bonds is 6. The van der Waals surface area contributed by atoms with Crippen LogP contribution in [0.25, 0.3) is 11.3 Å². The molecule has 2 aliphatic heterocycles. The highest BCUT2D eigenvalue weighted by Crippen LogP contribution is 2.39. The van der Waals surface area contributed by atoms with E-state index in [-0.39, 0.29) is 17.5 Å². The summed E-state index contributed by atoms with van der Waals surface area (Å²) in [4.78, 5) is 17.9. The topological polar surface area (TPSA) is 89.6 Å². The maximum Gasteiger partial charge on any atom is 0.387 e. The zero-order valence-electron chi connectivity index (χ0n) is 17.5. The van der Waals surface area contributed by atoms with Gasteiger partial charge in [0, 0.05) is 56.0 Å². The Balaban J connectivity index is 1.41. The number of nitrogens with two attached hydrogens (primary N) is 1. The van der Waals surface area contributed by atoms with Gasteiger partial charge in [-0.3, -0.25) is 4.90 Å². The molecule has 2 N–H and O–H groups in total. The first-order valence-electron chi connectivity index (χ1n) is 10.8. The quantitative estimate of drug-likeness (QED) is 0.718. The molecule has 2 aromatic rings. The third kappa shape index (κ3) is 4.31. The molecule has 4 heterocycles. The molecule has 1 aliphatic carbocycles. The van der Waals surface area contributed by atoms with Crippen molar-refractivity contribution >= 4 is 11.6 Å². The SMILES string of the molecule is Nc1ncc(-c2cc(N3CC(N4CCOCC4)C3)nc(C3CC(F)C3)n2)cc1OC(F)F. The molecule has 8 nitrogen and oxygen atoms in total.